The molecule has 1 N–H and O–H groups in total. The van der Waals surface area contributed by atoms with Crippen LogP contribution in [0.3, 0.4) is 0 Å². The first-order valence-electron chi connectivity index (χ1n) is 7.86. The summed E-state index contributed by atoms with van der Waals surface area (Å²) in [6, 6.07) is 13.5. The minimum atomic E-state index is -0.0951. The topological polar surface area (TPSA) is 47.6 Å². The molecule has 0 bridgehead atoms. The van der Waals surface area contributed by atoms with Gasteiger partial charge in [-0.1, -0.05) is 34.1 Å². The number of halogens is 1. The van der Waals surface area contributed by atoms with E-state index in [1.807, 2.05) is 48.5 Å². The zero-order valence-corrected chi connectivity index (χ0v) is 14.5. The summed E-state index contributed by atoms with van der Waals surface area (Å²) in [7, 11) is 0. The molecule has 2 aliphatic heterocycles. The summed E-state index contributed by atoms with van der Waals surface area (Å²) in [5, 5.41) is 3.11. The van der Waals surface area contributed by atoms with Gasteiger partial charge in [0.2, 0.25) is 0 Å². The first-order valence-corrected chi connectivity index (χ1v) is 8.65. The van der Waals surface area contributed by atoms with Gasteiger partial charge in [0.05, 0.1) is 18.2 Å². The summed E-state index contributed by atoms with van der Waals surface area (Å²) in [5.41, 5.74) is 2.57. The average molecular weight is 386 g/mol. The number of carbonyl (C=O) groups excluding carboxylic acids is 1. The van der Waals surface area contributed by atoms with Crippen LogP contribution in [0.1, 0.15) is 23.6 Å². The molecule has 2 aromatic rings. The van der Waals surface area contributed by atoms with Crippen LogP contribution in [-0.2, 0) is 4.79 Å². The molecule has 0 saturated carbocycles. The van der Waals surface area contributed by atoms with Crippen LogP contribution in [0.15, 0.2) is 52.5 Å². The maximum Gasteiger partial charge on any atom is 0.251 e. The SMILES string of the molecule is O=C(NC1CCOc2ccc(Br)cc21)C1=Cc2ccccc2OC1. The fraction of sp³-hybridized carbons (Fsp3) is 0.211. The van der Waals surface area contributed by atoms with Crippen molar-refractivity contribution in [1.82, 2.24) is 5.32 Å². The fourth-order valence-corrected chi connectivity index (χ4v) is 3.39. The van der Waals surface area contributed by atoms with E-state index < -0.39 is 0 Å². The second-order valence-corrected chi connectivity index (χ2v) is 6.76. The van der Waals surface area contributed by atoms with Crippen LogP contribution in [0.25, 0.3) is 6.08 Å². The number of rotatable bonds is 2. The van der Waals surface area contributed by atoms with Crippen LogP contribution in [0.5, 0.6) is 11.5 Å². The Balaban J connectivity index is 1.56. The van der Waals surface area contributed by atoms with Gasteiger partial charge in [0.25, 0.3) is 5.91 Å². The Kier molecular flexibility index (Phi) is 4.02. The highest BCUT2D eigenvalue weighted by Gasteiger charge is 2.25. The van der Waals surface area contributed by atoms with Crippen molar-refractivity contribution in [2.24, 2.45) is 0 Å². The summed E-state index contributed by atoms with van der Waals surface area (Å²) in [4.78, 5) is 12.7. The molecule has 24 heavy (non-hydrogen) atoms. The number of ether oxygens (including phenoxy) is 2. The largest absolute Gasteiger partial charge is 0.493 e. The standard InChI is InChI=1S/C19H16BrNO3/c20-14-5-6-18-15(10-14)16(7-8-23-18)21-19(22)13-9-12-3-1-2-4-17(12)24-11-13/h1-6,9-10,16H,7-8,11H2,(H,21,22). The van der Waals surface area contributed by atoms with Gasteiger partial charge >= 0.3 is 0 Å². The normalized spacial score (nSPS) is 18.4. The second-order valence-electron chi connectivity index (χ2n) is 5.84. The molecule has 122 valence electrons. The fourth-order valence-electron chi connectivity index (χ4n) is 3.01. The minimum absolute atomic E-state index is 0.0585. The molecule has 0 aromatic heterocycles. The molecule has 4 nitrogen and oxygen atoms in total. The molecule has 1 amide bonds. The zero-order chi connectivity index (χ0) is 16.5. The number of hydrogen-bond acceptors (Lipinski definition) is 3. The Morgan fingerprint density at radius 2 is 2.00 bits per heavy atom. The lowest BCUT2D eigenvalue weighted by atomic mass is 9.99. The average Bonchev–Trinajstić information content (AvgIpc) is 2.62. The van der Waals surface area contributed by atoms with E-state index in [4.69, 9.17) is 9.47 Å². The van der Waals surface area contributed by atoms with Crippen molar-refractivity contribution < 1.29 is 14.3 Å². The van der Waals surface area contributed by atoms with Crippen LogP contribution < -0.4 is 14.8 Å². The Labute approximate surface area is 148 Å². The zero-order valence-electron chi connectivity index (χ0n) is 12.9. The molecule has 2 aliphatic rings. The Hall–Kier alpha value is -2.27. The van der Waals surface area contributed by atoms with Gasteiger partial charge in [-0.3, -0.25) is 4.79 Å². The van der Waals surface area contributed by atoms with Gasteiger partial charge in [-0.2, -0.15) is 0 Å². The molecule has 0 aliphatic carbocycles. The maximum absolute atomic E-state index is 12.7. The third-order valence-electron chi connectivity index (χ3n) is 4.24. The minimum Gasteiger partial charge on any atom is -0.493 e. The number of fused-ring (bicyclic) bond motifs is 2. The number of para-hydroxylation sites is 1. The monoisotopic (exact) mass is 385 g/mol. The molecular formula is C19H16BrNO3. The lowest BCUT2D eigenvalue weighted by Gasteiger charge is -2.27. The van der Waals surface area contributed by atoms with E-state index in [9.17, 15) is 4.79 Å². The van der Waals surface area contributed by atoms with E-state index in [1.54, 1.807) is 0 Å². The van der Waals surface area contributed by atoms with Gasteiger partial charge < -0.3 is 14.8 Å². The van der Waals surface area contributed by atoms with E-state index in [-0.39, 0.29) is 18.6 Å². The summed E-state index contributed by atoms with van der Waals surface area (Å²) >= 11 is 3.48. The third-order valence-corrected chi connectivity index (χ3v) is 4.73. The van der Waals surface area contributed by atoms with Crippen molar-refractivity contribution in [2.75, 3.05) is 13.2 Å². The van der Waals surface area contributed by atoms with Gasteiger partial charge in [-0.05, 0) is 30.3 Å². The van der Waals surface area contributed by atoms with Crippen molar-refractivity contribution in [3.63, 3.8) is 0 Å². The summed E-state index contributed by atoms with van der Waals surface area (Å²) in [6.07, 6.45) is 2.65. The van der Waals surface area contributed by atoms with Gasteiger partial charge in [0.15, 0.2) is 0 Å². The number of amides is 1. The molecule has 1 atom stereocenters. The highest BCUT2D eigenvalue weighted by molar-refractivity contribution is 9.10. The van der Waals surface area contributed by atoms with Crippen molar-refractivity contribution >= 4 is 27.9 Å². The first kappa shape index (κ1) is 15.3. The van der Waals surface area contributed by atoms with E-state index in [0.29, 0.717) is 12.2 Å². The number of nitrogens with one attached hydrogen (secondary N) is 1. The van der Waals surface area contributed by atoms with Gasteiger partial charge in [-0.15, -0.1) is 0 Å². The van der Waals surface area contributed by atoms with Gasteiger partial charge in [0, 0.05) is 22.0 Å². The molecule has 0 radical (unpaired) electrons. The highest BCUT2D eigenvalue weighted by Crippen LogP contribution is 2.34. The molecule has 0 fully saturated rings. The summed E-state index contributed by atoms with van der Waals surface area (Å²) in [6.45, 7) is 0.884. The third kappa shape index (κ3) is 2.91. The van der Waals surface area contributed by atoms with Crippen LogP contribution in [0.4, 0.5) is 0 Å². The molecule has 4 rings (SSSR count). The van der Waals surface area contributed by atoms with Crippen LogP contribution in [0.2, 0.25) is 0 Å². The molecule has 0 spiro atoms. The Bertz CT molecular complexity index is 831. The Morgan fingerprint density at radius 3 is 2.92 bits per heavy atom. The number of carbonyl (C=O) groups is 1. The van der Waals surface area contributed by atoms with E-state index >= 15 is 0 Å². The molecule has 1 unspecified atom stereocenters. The van der Waals surface area contributed by atoms with Crippen LogP contribution >= 0.6 is 15.9 Å². The first-order chi connectivity index (χ1) is 11.7. The lowest BCUT2D eigenvalue weighted by molar-refractivity contribution is -0.118. The van der Waals surface area contributed by atoms with Crippen molar-refractivity contribution in [2.45, 2.75) is 12.5 Å². The molecule has 2 heterocycles. The van der Waals surface area contributed by atoms with Gasteiger partial charge in [0.1, 0.15) is 18.1 Å². The second kappa shape index (κ2) is 6.32. The molecule has 0 saturated heterocycles. The smallest absolute Gasteiger partial charge is 0.251 e. The molecular weight excluding hydrogens is 370 g/mol. The van der Waals surface area contributed by atoms with Gasteiger partial charge in [-0.25, -0.2) is 0 Å². The maximum atomic E-state index is 12.7. The van der Waals surface area contributed by atoms with E-state index in [1.165, 1.54) is 0 Å². The number of benzene rings is 2. The predicted octanol–water partition coefficient (Wildman–Crippen LogP) is 3.86. The van der Waals surface area contributed by atoms with E-state index in [0.717, 1.165) is 33.5 Å². The van der Waals surface area contributed by atoms with Crippen molar-refractivity contribution in [1.29, 1.82) is 0 Å². The highest BCUT2D eigenvalue weighted by atomic mass is 79.9. The summed E-state index contributed by atoms with van der Waals surface area (Å²) in [5.74, 6) is 1.55. The predicted molar refractivity (Wildman–Crippen MR) is 95.1 cm³/mol. The molecule has 2 aromatic carbocycles. The summed E-state index contributed by atoms with van der Waals surface area (Å²) < 4.78 is 12.3. The van der Waals surface area contributed by atoms with E-state index in [2.05, 4.69) is 21.2 Å². The van der Waals surface area contributed by atoms with Crippen molar-refractivity contribution in [3.05, 3.63) is 63.6 Å². The quantitative estimate of drug-likeness (QED) is 0.853. The lowest BCUT2D eigenvalue weighted by Crippen LogP contribution is -2.34. The van der Waals surface area contributed by atoms with Crippen LogP contribution in [0, 0.1) is 0 Å². The van der Waals surface area contributed by atoms with Crippen molar-refractivity contribution in [3.8, 4) is 11.5 Å². The number of hydrogen-bond donors (Lipinski definition) is 1. The Morgan fingerprint density at radius 1 is 1.12 bits per heavy atom. The van der Waals surface area contributed by atoms with Crippen LogP contribution in [-0.4, -0.2) is 19.1 Å². The molecule has 5 heteroatoms.